The van der Waals surface area contributed by atoms with E-state index in [1.54, 1.807) is 11.8 Å². The van der Waals surface area contributed by atoms with Crippen LogP contribution in [0, 0.1) is 11.6 Å². The molecule has 2 aliphatic heterocycles. The van der Waals surface area contributed by atoms with Crippen LogP contribution in [0.4, 0.5) is 14.5 Å². The van der Waals surface area contributed by atoms with Crippen LogP contribution in [-0.4, -0.2) is 35.3 Å². The van der Waals surface area contributed by atoms with E-state index in [9.17, 15) is 18.4 Å². The van der Waals surface area contributed by atoms with Crippen molar-refractivity contribution in [2.75, 3.05) is 11.4 Å². The summed E-state index contributed by atoms with van der Waals surface area (Å²) >= 11 is 0. The Hall–Kier alpha value is -1.98. The van der Waals surface area contributed by atoms with Crippen LogP contribution >= 0.6 is 0 Å². The molecule has 0 spiro atoms. The Balaban J connectivity index is 2.03. The molecule has 0 aliphatic carbocycles. The van der Waals surface area contributed by atoms with Gasteiger partial charge in [-0.1, -0.05) is 0 Å². The lowest BCUT2D eigenvalue weighted by molar-refractivity contribution is -0.147. The first-order chi connectivity index (χ1) is 10.0. The zero-order valence-electron chi connectivity index (χ0n) is 11.7. The maximum absolute atomic E-state index is 14.0. The van der Waals surface area contributed by atoms with Crippen LogP contribution in [0.1, 0.15) is 26.2 Å². The number of amides is 2. The zero-order valence-corrected chi connectivity index (χ0v) is 11.7. The van der Waals surface area contributed by atoms with Crippen LogP contribution < -0.4 is 4.90 Å². The Labute approximate surface area is 121 Å². The number of hydrogen-bond acceptors (Lipinski definition) is 2. The Morgan fingerprint density at radius 3 is 2.67 bits per heavy atom. The number of carbonyl (C=O) groups excluding carboxylic acids is 2. The van der Waals surface area contributed by atoms with Gasteiger partial charge in [0, 0.05) is 12.6 Å². The van der Waals surface area contributed by atoms with Gasteiger partial charge in [0.2, 0.25) is 5.91 Å². The lowest BCUT2D eigenvalue weighted by Gasteiger charge is -2.46. The van der Waals surface area contributed by atoms with Gasteiger partial charge in [-0.2, -0.15) is 0 Å². The molecule has 21 heavy (non-hydrogen) atoms. The van der Waals surface area contributed by atoms with Crippen LogP contribution in [0.2, 0.25) is 0 Å². The Bertz CT molecular complexity index is 605. The highest BCUT2D eigenvalue weighted by molar-refractivity contribution is 6.08. The number of fused-ring (bicyclic) bond motifs is 1. The number of carbonyl (C=O) groups is 2. The fourth-order valence-corrected chi connectivity index (χ4v) is 3.15. The number of benzene rings is 1. The summed E-state index contributed by atoms with van der Waals surface area (Å²) < 4.78 is 27.4. The van der Waals surface area contributed by atoms with E-state index in [1.165, 1.54) is 0 Å². The lowest BCUT2D eigenvalue weighted by atomic mass is 9.95. The van der Waals surface area contributed by atoms with Crippen LogP contribution in [0.25, 0.3) is 0 Å². The largest absolute Gasteiger partial charge is 0.329 e. The smallest absolute Gasteiger partial charge is 0.250 e. The SMILES string of the molecule is CC1C(=O)N2CCCCC2C(=O)N1c1cc(F)ccc1F. The second-order valence-corrected chi connectivity index (χ2v) is 5.52. The summed E-state index contributed by atoms with van der Waals surface area (Å²) in [5, 5.41) is 0. The highest BCUT2D eigenvalue weighted by Crippen LogP contribution is 2.31. The van der Waals surface area contributed by atoms with Crippen molar-refractivity contribution in [2.45, 2.75) is 38.3 Å². The van der Waals surface area contributed by atoms with Crippen LogP contribution in [0.15, 0.2) is 18.2 Å². The van der Waals surface area contributed by atoms with Crippen molar-refractivity contribution >= 4 is 17.5 Å². The molecule has 112 valence electrons. The molecule has 0 saturated carbocycles. The van der Waals surface area contributed by atoms with Crippen LogP contribution in [0.5, 0.6) is 0 Å². The van der Waals surface area contributed by atoms with Gasteiger partial charge >= 0.3 is 0 Å². The molecule has 3 rings (SSSR count). The van der Waals surface area contributed by atoms with Gasteiger partial charge in [0.05, 0.1) is 5.69 Å². The van der Waals surface area contributed by atoms with Crippen molar-refractivity contribution in [3.8, 4) is 0 Å². The molecule has 1 aromatic rings. The maximum atomic E-state index is 14.0. The molecule has 2 atom stereocenters. The molecule has 2 aliphatic rings. The Morgan fingerprint density at radius 1 is 1.14 bits per heavy atom. The second kappa shape index (κ2) is 5.09. The highest BCUT2D eigenvalue weighted by Gasteiger charge is 2.45. The van der Waals surface area contributed by atoms with Crippen molar-refractivity contribution in [2.24, 2.45) is 0 Å². The van der Waals surface area contributed by atoms with Gasteiger partial charge in [-0.15, -0.1) is 0 Å². The van der Waals surface area contributed by atoms with Gasteiger partial charge in [0.15, 0.2) is 0 Å². The molecule has 2 unspecified atom stereocenters. The van der Waals surface area contributed by atoms with Crippen molar-refractivity contribution in [1.29, 1.82) is 0 Å². The topological polar surface area (TPSA) is 40.6 Å². The molecule has 0 bridgehead atoms. The van der Waals surface area contributed by atoms with E-state index >= 15 is 0 Å². The average molecular weight is 294 g/mol. The Morgan fingerprint density at radius 2 is 1.90 bits per heavy atom. The summed E-state index contributed by atoms with van der Waals surface area (Å²) in [4.78, 5) is 27.7. The van der Waals surface area contributed by atoms with E-state index in [4.69, 9.17) is 0 Å². The molecule has 2 fully saturated rings. The molecular formula is C15H16F2N2O2. The zero-order chi connectivity index (χ0) is 15.1. The number of piperidine rings is 1. The van der Waals surface area contributed by atoms with E-state index in [0.29, 0.717) is 13.0 Å². The molecule has 0 aromatic heterocycles. The third-order valence-electron chi connectivity index (χ3n) is 4.22. The van der Waals surface area contributed by atoms with E-state index in [2.05, 4.69) is 0 Å². The average Bonchev–Trinajstić information content (AvgIpc) is 2.49. The highest BCUT2D eigenvalue weighted by atomic mass is 19.1. The third kappa shape index (κ3) is 2.18. The molecule has 1 aromatic carbocycles. The lowest BCUT2D eigenvalue weighted by Crippen LogP contribution is -2.65. The summed E-state index contributed by atoms with van der Waals surface area (Å²) in [5.41, 5.74) is -0.161. The van der Waals surface area contributed by atoms with Crippen molar-refractivity contribution < 1.29 is 18.4 Å². The van der Waals surface area contributed by atoms with Crippen molar-refractivity contribution in [3.05, 3.63) is 29.8 Å². The molecule has 2 saturated heterocycles. The summed E-state index contributed by atoms with van der Waals surface area (Å²) in [7, 11) is 0. The van der Waals surface area contributed by atoms with E-state index < -0.39 is 23.7 Å². The number of anilines is 1. The maximum Gasteiger partial charge on any atom is 0.250 e. The first-order valence-corrected chi connectivity index (χ1v) is 7.09. The second-order valence-electron chi connectivity index (χ2n) is 5.52. The van der Waals surface area contributed by atoms with Gasteiger partial charge in [0.25, 0.3) is 5.91 Å². The third-order valence-corrected chi connectivity index (χ3v) is 4.22. The van der Waals surface area contributed by atoms with Gasteiger partial charge in [0.1, 0.15) is 23.7 Å². The van der Waals surface area contributed by atoms with Gasteiger partial charge in [-0.25, -0.2) is 8.78 Å². The first kappa shape index (κ1) is 14.0. The summed E-state index contributed by atoms with van der Waals surface area (Å²) in [6.45, 7) is 2.11. The summed E-state index contributed by atoms with van der Waals surface area (Å²) in [6, 6.07) is 1.57. The number of piperazine rings is 1. The number of halogens is 2. The molecule has 6 heteroatoms. The molecular weight excluding hydrogens is 278 g/mol. The minimum atomic E-state index is -0.817. The fraction of sp³-hybridized carbons (Fsp3) is 0.467. The number of rotatable bonds is 1. The predicted molar refractivity (Wildman–Crippen MR) is 72.7 cm³/mol. The van der Waals surface area contributed by atoms with Crippen LogP contribution in [-0.2, 0) is 9.59 Å². The minimum absolute atomic E-state index is 0.161. The van der Waals surface area contributed by atoms with E-state index in [0.717, 1.165) is 35.9 Å². The summed E-state index contributed by atoms with van der Waals surface area (Å²) in [5.74, 6) is -1.87. The van der Waals surface area contributed by atoms with Gasteiger partial charge in [-0.05, 0) is 38.3 Å². The Kier molecular flexibility index (Phi) is 3.39. The standard InChI is InChI=1S/C15H16F2N2O2/c1-9-14(20)18-7-3-2-4-12(18)15(21)19(9)13-8-10(16)5-6-11(13)17/h5-6,8-9,12H,2-4,7H2,1H3. The molecule has 2 heterocycles. The fourth-order valence-electron chi connectivity index (χ4n) is 3.15. The number of hydrogen-bond donors (Lipinski definition) is 0. The summed E-state index contributed by atoms with van der Waals surface area (Å²) in [6.07, 6.45) is 2.30. The quantitative estimate of drug-likeness (QED) is 0.795. The van der Waals surface area contributed by atoms with E-state index in [-0.39, 0.29) is 17.5 Å². The predicted octanol–water partition coefficient (Wildman–Crippen LogP) is 2.08. The van der Waals surface area contributed by atoms with Crippen molar-refractivity contribution in [1.82, 2.24) is 4.90 Å². The molecule has 0 N–H and O–H groups in total. The normalized spacial score (nSPS) is 26.0. The van der Waals surface area contributed by atoms with E-state index in [1.807, 2.05) is 0 Å². The molecule has 4 nitrogen and oxygen atoms in total. The number of nitrogens with zero attached hydrogens (tertiary/aromatic N) is 2. The molecule has 2 amide bonds. The van der Waals surface area contributed by atoms with Gasteiger partial charge in [-0.3, -0.25) is 14.5 Å². The molecule has 0 radical (unpaired) electrons. The van der Waals surface area contributed by atoms with Gasteiger partial charge < -0.3 is 4.90 Å². The monoisotopic (exact) mass is 294 g/mol. The van der Waals surface area contributed by atoms with Crippen LogP contribution in [0.3, 0.4) is 0 Å². The first-order valence-electron chi connectivity index (χ1n) is 7.09. The van der Waals surface area contributed by atoms with Crippen molar-refractivity contribution in [3.63, 3.8) is 0 Å². The minimum Gasteiger partial charge on any atom is -0.329 e.